The van der Waals surface area contributed by atoms with E-state index in [-0.39, 0.29) is 17.8 Å². The molecule has 1 aromatic rings. The van der Waals surface area contributed by atoms with Crippen LogP contribution in [0.3, 0.4) is 0 Å². The normalized spacial score (nSPS) is 15.6. The van der Waals surface area contributed by atoms with Crippen molar-refractivity contribution in [3.63, 3.8) is 0 Å². The van der Waals surface area contributed by atoms with Gasteiger partial charge in [-0.3, -0.25) is 4.79 Å². The molecule has 1 amide bonds. The maximum Gasteiger partial charge on any atom is 0.229 e. The monoisotopic (exact) mass is 293 g/mol. The Morgan fingerprint density at radius 1 is 1.05 bits per heavy atom. The second-order valence-corrected chi connectivity index (χ2v) is 5.36. The smallest absolute Gasteiger partial charge is 0.229 e. The number of carbonyl (C=O) groups excluding carboxylic acids is 1. The van der Waals surface area contributed by atoms with Crippen LogP contribution in [0.4, 0.5) is 17.8 Å². The number of rotatable bonds is 6. The third kappa shape index (κ3) is 5.41. The van der Waals surface area contributed by atoms with Gasteiger partial charge in [-0.1, -0.05) is 19.3 Å². The van der Waals surface area contributed by atoms with Crippen molar-refractivity contribution in [2.75, 3.05) is 29.9 Å². The molecule has 1 fully saturated rings. The molecule has 1 aliphatic rings. The molecule has 1 heterocycles. The molecule has 8 nitrogen and oxygen atoms in total. The number of nitrogens with one attached hydrogen (secondary N) is 2. The van der Waals surface area contributed by atoms with Crippen LogP contribution in [-0.2, 0) is 4.79 Å². The first-order valence-corrected chi connectivity index (χ1v) is 7.41. The van der Waals surface area contributed by atoms with Crippen LogP contribution in [-0.4, -0.2) is 33.9 Å². The highest BCUT2D eigenvalue weighted by Gasteiger charge is 2.16. The van der Waals surface area contributed by atoms with Crippen molar-refractivity contribution in [2.45, 2.75) is 38.5 Å². The zero-order chi connectivity index (χ0) is 15.1. The molecular formula is C13H23N7O. The molecule has 1 aliphatic carbocycles. The summed E-state index contributed by atoms with van der Waals surface area (Å²) in [5, 5.41) is 5.84. The fourth-order valence-corrected chi connectivity index (χ4v) is 2.59. The highest BCUT2D eigenvalue weighted by molar-refractivity contribution is 5.76. The first-order valence-electron chi connectivity index (χ1n) is 7.41. The molecule has 0 unspecified atom stereocenters. The van der Waals surface area contributed by atoms with Crippen LogP contribution in [0.1, 0.15) is 38.5 Å². The Hall–Kier alpha value is -2.12. The van der Waals surface area contributed by atoms with Gasteiger partial charge in [0.25, 0.3) is 0 Å². The minimum Gasteiger partial charge on any atom is -0.368 e. The quantitative estimate of drug-likeness (QED) is 0.562. The molecule has 21 heavy (non-hydrogen) atoms. The number of hydrogen-bond donors (Lipinski definition) is 4. The van der Waals surface area contributed by atoms with E-state index in [1.165, 1.54) is 32.1 Å². The van der Waals surface area contributed by atoms with E-state index in [9.17, 15) is 4.79 Å². The van der Waals surface area contributed by atoms with Crippen molar-refractivity contribution in [1.82, 2.24) is 20.3 Å². The topological polar surface area (TPSA) is 132 Å². The number of amides is 1. The average molecular weight is 293 g/mol. The summed E-state index contributed by atoms with van der Waals surface area (Å²) in [6.07, 6.45) is 6.79. The summed E-state index contributed by atoms with van der Waals surface area (Å²) >= 11 is 0. The van der Waals surface area contributed by atoms with Crippen molar-refractivity contribution in [3.05, 3.63) is 0 Å². The van der Waals surface area contributed by atoms with Crippen molar-refractivity contribution < 1.29 is 4.79 Å². The van der Waals surface area contributed by atoms with Gasteiger partial charge < -0.3 is 22.1 Å². The number of nitrogen functional groups attached to an aromatic ring is 2. The van der Waals surface area contributed by atoms with E-state index in [4.69, 9.17) is 11.5 Å². The number of nitrogens with two attached hydrogens (primary N) is 2. The number of hydrogen-bond acceptors (Lipinski definition) is 7. The van der Waals surface area contributed by atoms with E-state index in [0.717, 1.165) is 0 Å². The second-order valence-electron chi connectivity index (χ2n) is 5.36. The second kappa shape index (κ2) is 7.61. The molecular weight excluding hydrogens is 270 g/mol. The van der Waals surface area contributed by atoms with Crippen LogP contribution in [0.15, 0.2) is 0 Å². The van der Waals surface area contributed by atoms with Crippen LogP contribution in [0, 0.1) is 5.92 Å². The SMILES string of the molecule is Nc1nc(N)nc(NCCNC(=O)CC2CCCCC2)n1. The standard InChI is InChI=1S/C13H23N7O/c14-11-18-12(15)20-13(19-11)17-7-6-16-10(21)8-9-4-2-1-3-5-9/h9H,1-8H2,(H,16,21)(H5,14,15,17,18,19,20). The maximum atomic E-state index is 11.8. The van der Waals surface area contributed by atoms with Crippen LogP contribution >= 0.6 is 0 Å². The lowest BCUT2D eigenvalue weighted by molar-refractivity contribution is -0.122. The summed E-state index contributed by atoms with van der Waals surface area (Å²) in [6.45, 7) is 1.02. The Labute approximate surface area is 124 Å². The molecule has 0 radical (unpaired) electrons. The van der Waals surface area contributed by atoms with E-state index in [1.54, 1.807) is 0 Å². The molecule has 116 valence electrons. The van der Waals surface area contributed by atoms with E-state index in [1.807, 2.05) is 0 Å². The summed E-state index contributed by atoms with van der Waals surface area (Å²) in [4.78, 5) is 23.3. The number of carbonyl (C=O) groups is 1. The third-order valence-electron chi connectivity index (χ3n) is 3.60. The summed E-state index contributed by atoms with van der Waals surface area (Å²) in [6, 6.07) is 0. The Bertz CT molecular complexity index is 453. The lowest BCUT2D eigenvalue weighted by Crippen LogP contribution is -2.30. The molecule has 0 aromatic carbocycles. The minimum absolute atomic E-state index is 0.0753. The molecule has 0 spiro atoms. The third-order valence-corrected chi connectivity index (χ3v) is 3.60. The lowest BCUT2D eigenvalue weighted by atomic mass is 9.87. The molecule has 0 atom stereocenters. The minimum atomic E-state index is 0.0753. The van der Waals surface area contributed by atoms with Gasteiger partial charge in [-0.2, -0.15) is 15.0 Å². The van der Waals surface area contributed by atoms with Gasteiger partial charge in [-0.25, -0.2) is 0 Å². The number of nitrogens with zero attached hydrogens (tertiary/aromatic N) is 3. The van der Waals surface area contributed by atoms with E-state index in [2.05, 4.69) is 25.6 Å². The van der Waals surface area contributed by atoms with Gasteiger partial charge in [0.05, 0.1) is 0 Å². The van der Waals surface area contributed by atoms with Crippen LogP contribution < -0.4 is 22.1 Å². The van der Waals surface area contributed by atoms with Crippen molar-refractivity contribution in [2.24, 2.45) is 5.92 Å². The van der Waals surface area contributed by atoms with Gasteiger partial charge in [-0.15, -0.1) is 0 Å². The Morgan fingerprint density at radius 3 is 2.38 bits per heavy atom. The molecule has 0 saturated heterocycles. The molecule has 6 N–H and O–H groups in total. The molecule has 1 saturated carbocycles. The largest absolute Gasteiger partial charge is 0.368 e. The highest BCUT2D eigenvalue weighted by atomic mass is 16.1. The lowest BCUT2D eigenvalue weighted by Gasteiger charge is -2.20. The maximum absolute atomic E-state index is 11.8. The fourth-order valence-electron chi connectivity index (χ4n) is 2.59. The van der Waals surface area contributed by atoms with E-state index >= 15 is 0 Å². The van der Waals surface area contributed by atoms with Gasteiger partial charge in [0, 0.05) is 19.5 Å². The van der Waals surface area contributed by atoms with Crippen LogP contribution in [0.2, 0.25) is 0 Å². The zero-order valence-electron chi connectivity index (χ0n) is 12.1. The Morgan fingerprint density at radius 2 is 1.71 bits per heavy atom. The first kappa shape index (κ1) is 15.3. The molecule has 2 rings (SSSR count). The van der Waals surface area contributed by atoms with Crippen molar-refractivity contribution in [1.29, 1.82) is 0 Å². The van der Waals surface area contributed by atoms with Gasteiger partial charge >= 0.3 is 0 Å². The summed E-state index contributed by atoms with van der Waals surface area (Å²) < 4.78 is 0. The van der Waals surface area contributed by atoms with Crippen LogP contribution in [0.5, 0.6) is 0 Å². The van der Waals surface area contributed by atoms with Crippen molar-refractivity contribution >= 4 is 23.8 Å². The predicted octanol–water partition coefficient (Wildman–Crippen LogP) is 0.534. The molecule has 0 aliphatic heterocycles. The number of aromatic nitrogens is 3. The zero-order valence-corrected chi connectivity index (χ0v) is 12.1. The van der Waals surface area contributed by atoms with Gasteiger partial charge in [0.1, 0.15) is 0 Å². The Balaban J connectivity index is 1.63. The van der Waals surface area contributed by atoms with Crippen LogP contribution in [0.25, 0.3) is 0 Å². The number of anilines is 3. The first-order chi connectivity index (χ1) is 10.1. The average Bonchev–Trinajstić information content (AvgIpc) is 2.44. The predicted molar refractivity (Wildman–Crippen MR) is 81.3 cm³/mol. The Kier molecular flexibility index (Phi) is 5.53. The van der Waals surface area contributed by atoms with Gasteiger partial charge in [-0.05, 0) is 18.8 Å². The van der Waals surface area contributed by atoms with Crippen molar-refractivity contribution in [3.8, 4) is 0 Å². The van der Waals surface area contributed by atoms with Gasteiger partial charge in [0.15, 0.2) is 0 Å². The van der Waals surface area contributed by atoms with E-state index in [0.29, 0.717) is 31.4 Å². The fraction of sp³-hybridized carbons (Fsp3) is 0.692. The molecule has 0 bridgehead atoms. The van der Waals surface area contributed by atoms with Gasteiger partial charge in [0.2, 0.25) is 23.8 Å². The summed E-state index contributed by atoms with van der Waals surface area (Å²) in [5.41, 5.74) is 10.9. The summed E-state index contributed by atoms with van der Waals surface area (Å²) in [7, 11) is 0. The molecule has 1 aromatic heterocycles. The summed E-state index contributed by atoms with van der Waals surface area (Å²) in [5.74, 6) is 1.13. The highest BCUT2D eigenvalue weighted by Crippen LogP contribution is 2.25. The molecule has 8 heteroatoms. The van der Waals surface area contributed by atoms with E-state index < -0.39 is 0 Å².